The van der Waals surface area contributed by atoms with Gasteiger partial charge in [0.1, 0.15) is 11.5 Å². The van der Waals surface area contributed by atoms with E-state index in [0.717, 1.165) is 11.1 Å². The van der Waals surface area contributed by atoms with Crippen molar-refractivity contribution >= 4 is 8.61 Å². The quantitative estimate of drug-likeness (QED) is 0.430. The average Bonchev–Trinajstić information content (AvgIpc) is 2.48. The molecule has 0 N–H and O–H groups in total. The van der Waals surface area contributed by atoms with Gasteiger partial charge in [0, 0.05) is 0 Å². The average molecular weight is 317 g/mol. The fourth-order valence-corrected chi connectivity index (χ4v) is 2.22. The lowest BCUT2D eigenvalue weighted by atomic mass is 10.2. The summed E-state index contributed by atoms with van der Waals surface area (Å²) in [6.45, 7) is 7.60. The third-order valence-electron chi connectivity index (χ3n) is 3.14. The van der Waals surface area contributed by atoms with E-state index in [0.29, 0.717) is 11.5 Å². The molecular formula is C17H20NO3P. The van der Waals surface area contributed by atoms with Crippen molar-refractivity contribution in [2.24, 2.45) is 0 Å². The number of hydrogen-bond acceptors (Lipinski definition) is 3. The number of nitrogens with zero attached hydrogens (tertiary/aromatic N) is 1. The first-order valence-electron chi connectivity index (χ1n) is 7.04. The van der Waals surface area contributed by atoms with Crippen LogP contribution in [-0.4, -0.2) is 10.6 Å². The van der Waals surface area contributed by atoms with Crippen molar-refractivity contribution in [2.75, 3.05) is 0 Å². The molecule has 0 spiro atoms. The van der Waals surface area contributed by atoms with Crippen LogP contribution in [0.5, 0.6) is 11.5 Å². The van der Waals surface area contributed by atoms with Crippen LogP contribution in [0.4, 0.5) is 0 Å². The van der Waals surface area contributed by atoms with Crippen molar-refractivity contribution in [1.82, 2.24) is 4.83 Å². The monoisotopic (exact) mass is 317 g/mol. The number of aryl methyl sites for hydroxylation is 2. The van der Waals surface area contributed by atoms with Crippen molar-refractivity contribution in [1.29, 1.82) is 0 Å². The molecule has 5 heteroatoms. The SMILES string of the molecule is Cc1ccc(ON(P=O)C(C)(C)Oc2ccc(C)cc2)cc1. The van der Waals surface area contributed by atoms with Gasteiger partial charge in [-0.3, -0.25) is 4.57 Å². The number of ether oxygens (including phenoxy) is 1. The first kappa shape index (κ1) is 16.5. The maximum Gasteiger partial charge on any atom is 0.289 e. The number of rotatable bonds is 6. The van der Waals surface area contributed by atoms with Crippen molar-refractivity contribution in [2.45, 2.75) is 33.4 Å². The van der Waals surface area contributed by atoms with Gasteiger partial charge in [0.05, 0.1) is 0 Å². The van der Waals surface area contributed by atoms with E-state index in [9.17, 15) is 4.57 Å². The molecular weight excluding hydrogens is 297 g/mol. The van der Waals surface area contributed by atoms with E-state index >= 15 is 0 Å². The summed E-state index contributed by atoms with van der Waals surface area (Å²) in [6, 6.07) is 15.2. The Kier molecular flexibility index (Phi) is 5.17. The van der Waals surface area contributed by atoms with Gasteiger partial charge in [-0.15, -0.1) is 0 Å². The Hall–Kier alpha value is -1.90. The van der Waals surface area contributed by atoms with Crippen molar-refractivity contribution in [3.05, 3.63) is 59.7 Å². The van der Waals surface area contributed by atoms with Crippen LogP contribution >= 0.6 is 8.61 Å². The van der Waals surface area contributed by atoms with E-state index in [4.69, 9.17) is 9.57 Å². The summed E-state index contributed by atoms with van der Waals surface area (Å²) < 4.78 is 17.4. The summed E-state index contributed by atoms with van der Waals surface area (Å²) >= 11 is 0. The topological polar surface area (TPSA) is 38.8 Å². The van der Waals surface area contributed by atoms with Crippen molar-refractivity contribution in [3.63, 3.8) is 0 Å². The summed E-state index contributed by atoms with van der Waals surface area (Å²) in [5.74, 6) is 1.30. The van der Waals surface area contributed by atoms with Gasteiger partial charge in [0.25, 0.3) is 8.61 Å². The molecule has 2 rings (SSSR count). The van der Waals surface area contributed by atoms with Crippen LogP contribution in [0, 0.1) is 13.8 Å². The second kappa shape index (κ2) is 6.91. The van der Waals surface area contributed by atoms with E-state index in [2.05, 4.69) is 0 Å². The Morgan fingerprint density at radius 1 is 0.864 bits per heavy atom. The molecule has 0 heterocycles. The fraction of sp³-hybridized carbons (Fsp3) is 0.294. The highest BCUT2D eigenvalue weighted by molar-refractivity contribution is 7.20. The molecule has 0 fully saturated rings. The molecule has 0 amide bonds. The van der Waals surface area contributed by atoms with Gasteiger partial charge in [0.15, 0.2) is 0 Å². The molecule has 0 aromatic heterocycles. The molecule has 0 saturated heterocycles. The Labute approximate surface area is 132 Å². The number of benzene rings is 2. The highest BCUT2D eigenvalue weighted by Gasteiger charge is 2.32. The minimum atomic E-state index is -0.899. The number of hydrogen-bond donors (Lipinski definition) is 0. The van der Waals surface area contributed by atoms with Gasteiger partial charge >= 0.3 is 0 Å². The lowest BCUT2D eigenvalue weighted by Crippen LogP contribution is -2.44. The molecule has 0 radical (unpaired) electrons. The van der Waals surface area contributed by atoms with E-state index in [1.54, 1.807) is 13.8 Å². The first-order valence-corrected chi connectivity index (χ1v) is 7.81. The zero-order valence-electron chi connectivity index (χ0n) is 13.2. The standard InChI is InChI=1S/C17H20NO3P/c1-13-5-9-15(10-6-13)20-17(3,4)18(22-19)21-16-11-7-14(2)8-12-16/h5-12H,1-4H3. The van der Waals surface area contributed by atoms with Gasteiger partial charge in [-0.25, -0.2) is 0 Å². The number of hydroxylamine groups is 1. The largest absolute Gasteiger partial charge is 0.469 e. The summed E-state index contributed by atoms with van der Waals surface area (Å²) in [7, 11) is -0.279. The second-order valence-electron chi connectivity index (χ2n) is 5.62. The van der Waals surface area contributed by atoms with Crippen LogP contribution in [0.2, 0.25) is 0 Å². The zero-order valence-corrected chi connectivity index (χ0v) is 14.1. The minimum Gasteiger partial charge on any atom is -0.469 e. The highest BCUT2D eigenvalue weighted by atomic mass is 31.1. The molecule has 0 bridgehead atoms. The molecule has 0 saturated carbocycles. The molecule has 0 aliphatic heterocycles. The van der Waals surface area contributed by atoms with E-state index < -0.39 is 5.72 Å². The predicted octanol–water partition coefficient (Wildman–Crippen LogP) is 4.92. The maximum atomic E-state index is 11.5. The summed E-state index contributed by atoms with van der Waals surface area (Å²) in [5, 5.41) is 0. The third-order valence-corrected chi connectivity index (χ3v) is 3.85. The summed E-state index contributed by atoms with van der Waals surface area (Å²) in [4.78, 5) is 6.92. The predicted molar refractivity (Wildman–Crippen MR) is 87.1 cm³/mol. The summed E-state index contributed by atoms with van der Waals surface area (Å²) in [5.41, 5.74) is 1.39. The van der Waals surface area contributed by atoms with E-state index in [1.165, 1.54) is 4.83 Å². The smallest absolute Gasteiger partial charge is 0.289 e. The zero-order chi connectivity index (χ0) is 16.2. The molecule has 0 aliphatic carbocycles. The van der Waals surface area contributed by atoms with Gasteiger partial charge < -0.3 is 9.57 Å². The summed E-state index contributed by atoms with van der Waals surface area (Å²) in [6.07, 6.45) is 0. The first-order chi connectivity index (χ1) is 10.4. The van der Waals surface area contributed by atoms with Crippen LogP contribution in [0.25, 0.3) is 0 Å². The minimum absolute atomic E-state index is 0.279. The van der Waals surface area contributed by atoms with Crippen LogP contribution in [0.15, 0.2) is 48.5 Å². The molecule has 4 nitrogen and oxygen atoms in total. The Balaban J connectivity index is 2.11. The van der Waals surface area contributed by atoms with Gasteiger partial charge in [0.2, 0.25) is 5.72 Å². The Morgan fingerprint density at radius 3 is 1.77 bits per heavy atom. The molecule has 0 aliphatic rings. The van der Waals surface area contributed by atoms with Crippen molar-refractivity contribution in [3.8, 4) is 11.5 Å². The molecule has 116 valence electrons. The molecule has 0 unspecified atom stereocenters. The molecule has 22 heavy (non-hydrogen) atoms. The molecule has 0 atom stereocenters. The van der Waals surface area contributed by atoms with Gasteiger partial charge in [-0.1, -0.05) is 35.4 Å². The Morgan fingerprint density at radius 2 is 1.32 bits per heavy atom. The Bertz CT molecular complexity index is 623. The third kappa shape index (κ3) is 4.30. The fourth-order valence-electron chi connectivity index (χ4n) is 1.86. The maximum absolute atomic E-state index is 11.5. The lowest BCUT2D eigenvalue weighted by molar-refractivity contribution is -0.139. The van der Waals surface area contributed by atoms with E-state index in [-0.39, 0.29) is 8.61 Å². The molecule has 2 aromatic carbocycles. The second-order valence-corrected chi connectivity index (χ2v) is 6.15. The van der Waals surface area contributed by atoms with Gasteiger partial charge in [-0.05, 0) is 56.8 Å². The normalized spacial score (nSPS) is 11.7. The van der Waals surface area contributed by atoms with Crippen LogP contribution in [0.1, 0.15) is 25.0 Å². The molecule has 2 aromatic rings. The van der Waals surface area contributed by atoms with Crippen LogP contribution in [-0.2, 0) is 4.57 Å². The van der Waals surface area contributed by atoms with Crippen molar-refractivity contribution < 1.29 is 14.1 Å². The van der Waals surface area contributed by atoms with Crippen LogP contribution in [0.3, 0.4) is 0 Å². The van der Waals surface area contributed by atoms with E-state index in [1.807, 2.05) is 62.4 Å². The highest BCUT2D eigenvalue weighted by Crippen LogP contribution is 2.28. The van der Waals surface area contributed by atoms with Crippen LogP contribution < -0.4 is 9.57 Å². The lowest BCUT2D eigenvalue weighted by Gasteiger charge is -2.32. The van der Waals surface area contributed by atoms with Gasteiger partial charge in [-0.2, -0.15) is 0 Å².